The van der Waals surface area contributed by atoms with E-state index in [1.807, 2.05) is 30.3 Å². The molecule has 1 aliphatic heterocycles. The first-order valence-electron chi connectivity index (χ1n) is 10.1. The van der Waals surface area contributed by atoms with Crippen molar-refractivity contribution in [3.63, 3.8) is 0 Å². The number of benzene rings is 2. The Hall–Kier alpha value is -3.00. The molecule has 1 fully saturated rings. The first-order valence-corrected chi connectivity index (χ1v) is 10.9. The fraction of sp³-hybridized carbons (Fsp3) is 0.261. The van der Waals surface area contributed by atoms with Crippen molar-refractivity contribution < 1.29 is 13.6 Å². The number of carbonyl (C=O) groups excluding carboxylic acids is 1. The molecule has 160 valence electrons. The van der Waals surface area contributed by atoms with Crippen LogP contribution < -0.4 is 10.2 Å². The molecule has 1 amide bonds. The number of piperidine rings is 1. The standard InChI is InChI=1S/C23H22F2N4OS/c24-18-11-16(12-19(25)13-18)14-28-22(30)17-5-4-10-29(15-17)21-23(27-9-8-26-21)31-20-6-2-1-3-7-20/h1-3,6-9,11-13,17H,4-5,10,14-15H2,(H,28,30)/t17-/m0/s1. The van der Waals surface area contributed by atoms with Gasteiger partial charge >= 0.3 is 0 Å². The van der Waals surface area contributed by atoms with Crippen molar-refractivity contribution in [3.05, 3.63) is 78.1 Å². The first-order chi connectivity index (χ1) is 15.1. The second-order valence-electron chi connectivity index (χ2n) is 7.38. The number of hydrogen-bond acceptors (Lipinski definition) is 5. The Morgan fingerprint density at radius 2 is 1.84 bits per heavy atom. The minimum atomic E-state index is -0.654. The molecule has 0 aliphatic carbocycles. The van der Waals surface area contributed by atoms with Crippen LogP contribution in [0.3, 0.4) is 0 Å². The number of nitrogens with one attached hydrogen (secondary N) is 1. The molecule has 1 saturated heterocycles. The van der Waals surface area contributed by atoms with Gasteiger partial charge in [0, 0.05) is 43.0 Å². The summed E-state index contributed by atoms with van der Waals surface area (Å²) in [6, 6.07) is 13.2. The minimum Gasteiger partial charge on any atom is -0.354 e. The van der Waals surface area contributed by atoms with Crippen LogP contribution in [0.2, 0.25) is 0 Å². The van der Waals surface area contributed by atoms with E-state index >= 15 is 0 Å². The lowest BCUT2D eigenvalue weighted by Gasteiger charge is -2.33. The molecule has 5 nitrogen and oxygen atoms in total. The lowest BCUT2D eigenvalue weighted by atomic mass is 9.97. The van der Waals surface area contributed by atoms with Gasteiger partial charge in [0.1, 0.15) is 16.7 Å². The molecule has 4 rings (SSSR count). The van der Waals surface area contributed by atoms with Crippen molar-refractivity contribution in [2.75, 3.05) is 18.0 Å². The van der Waals surface area contributed by atoms with E-state index < -0.39 is 11.6 Å². The van der Waals surface area contributed by atoms with Crippen LogP contribution in [-0.2, 0) is 11.3 Å². The Kier molecular flexibility index (Phi) is 6.76. The number of anilines is 1. The third kappa shape index (κ3) is 5.58. The number of carbonyl (C=O) groups is 1. The Morgan fingerprint density at radius 3 is 2.61 bits per heavy atom. The number of nitrogens with zero attached hydrogens (tertiary/aromatic N) is 3. The Bertz CT molecular complexity index is 1030. The van der Waals surface area contributed by atoms with E-state index in [0.29, 0.717) is 12.1 Å². The molecule has 1 aromatic heterocycles. The fourth-order valence-corrected chi connectivity index (χ4v) is 4.54. The highest BCUT2D eigenvalue weighted by atomic mass is 32.2. The highest BCUT2D eigenvalue weighted by Gasteiger charge is 2.28. The molecule has 1 N–H and O–H groups in total. The van der Waals surface area contributed by atoms with Gasteiger partial charge in [0.15, 0.2) is 5.82 Å². The highest BCUT2D eigenvalue weighted by Crippen LogP contribution is 2.33. The first kappa shape index (κ1) is 21.2. The number of rotatable bonds is 6. The van der Waals surface area contributed by atoms with E-state index in [1.165, 1.54) is 12.1 Å². The van der Waals surface area contributed by atoms with Crippen LogP contribution in [0.5, 0.6) is 0 Å². The molecule has 0 unspecified atom stereocenters. The van der Waals surface area contributed by atoms with Gasteiger partial charge in [-0.25, -0.2) is 18.7 Å². The van der Waals surface area contributed by atoms with Crippen molar-refractivity contribution in [3.8, 4) is 0 Å². The summed E-state index contributed by atoms with van der Waals surface area (Å²) < 4.78 is 26.7. The maximum atomic E-state index is 13.4. The quantitative estimate of drug-likeness (QED) is 0.614. The highest BCUT2D eigenvalue weighted by molar-refractivity contribution is 7.99. The van der Waals surface area contributed by atoms with Gasteiger partial charge in [-0.1, -0.05) is 30.0 Å². The van der Waals surface area contributed by atoms with E-state index in [1.54, 1.807) is 24.2 Å². The molecule has 1 atom stereocenters. The summed E-state index contributed by atoms with van der Waals surface area (Å²) in [4.78, 5) is 24.9. The van der Waals surface area contributed by atoms with Gasteiger partial charge in [0.05, 0.1) is 5.92 Å². The summed E-state index contributed by atoms with van der Waals surface area (Å²) in [5, 5.41) is 3.61. The second kappa shape index (κ2) is 9.87. The van der Waals surface area contributed by atoms with Crippen molar-refractivity contribution in [1.29, 1.82) is 0 Å². The summed E-state index contributed by atoms with van der Waals surface area (Å²) in [6.07, 6.45) is 4.92. The van der Waals surface area contributed by atoms with Crippen molar-refractivity contribution in [1.82, 2.24) is 15.3 Å². The van der Waals surface area contributed by atoms with E-state index in [9.17, 15) is 13.6 Å². The molecule has 0 spiro atoms. The number of aromatic nitrogens is 2. The molecule has 0 bridgehead atoms. The predicted molar refractivity (Wildman–Crippen MR) is 116 cm³/mol. The lowest BCUT2D eigenvalue weighted by Crippen LogP contribution is -2.43. The molecule has 2 aromatic carbocycles. The molecule has 0 radical (unpaired) electrons. The topological polar surface area (TPSA) is 58.1 Å². The van der Waals surface area contributed by atoms with Crippen molar-refractivity contribution in [2.24, 2.45) is 5.92 Å². The van der Waals surface area contributed by atoms with E-state index in [2.05, 4.69) is 20.2 Å². The minimum absolute atomic E-state index is 0.0876. The summed E-state index contributed by atoms with van der Waals surface area (Å²) in [5.74, 6) is -0.904. The smallest absolute Gasteiger partial charge is 0.225 e. The molecule has 0 saturated carbocycles. The molecule has 3 aromatic rings. The van der Waals surface area contributed by atoms with Gasteiger partial charge in [-0.05, 0) is 42.7 Å². The van der Waals surface area contributed by atoms with Gasteiger partial charge in [-0.15, -0.1) is 0 Å². The molecular formula is C23H22F2N4OS. The largest absolute Gasteiger partial charge is 0.354 e. The maximum absolute atomic E-state index is 13.4. The van der Waals surface area contributed by atoms with Crippen LogP contribution in [0.4, 0.5) is 14.6 Å². The number of hydrogen-bond donors (Lipinski definition) is 1. The van der Waals surface area contributed by atoms with Crippen LogP contribution in [0.1, 0.15) is 18.4 Å². The van der Waals surface area contributed by atoms with Crippen LogP contribution in [0.25, 0.3) is 0 Å². The van der Waals surface area contributed by atoms with Gasteiger partial charge in [-0.3, -0.25) is 4.79 Å². The van der Waals surface area contributed by atoms with Gasteiger partial charge in [-0.2, -0.15) is 0 Å². The predicted octanol–water partition coefficient (Wildman–Crippen LogP) is 4.44. The van der Waals surface area contributed by atoms with Crippen molar-refractivity contribution >= 4 is 23.5 Å². The van der Waals surface area contributed by atoms with Crippen LogP contribution >= 0.6 is 11.8 Å². The number of halogens is 2. The van der Waals surface area contributed by atoms with Crippen LogP contribution in [-0.4, -0.2) is 29.0 Å². The van der Waals surface area contributed by atoms with Gasteiger partial charge in [0.2, 0.25) is 5.91 Å². The van der Waals surface area contributed by atoms with Crippen molar-refractivity contribution in [2.45, 2.75) is 29.3 Å². The normalized spacial score (nSPS) is 16.2. The third-order valence-electron chi connectivity index (χ3n) is 5.09. The lowest BCUT2D eigenvalue weighted by molar-refractivity contribution is -0.125. The molecular weight excluding hydrogens is 418 g/mol. The SMILES string of the molecule is O=C(NCc1cc(F)cc(F)c1)[C@H]1CCCN(c2nccnc2Sc2ccccc2)C1. The summed E-state index contributed by atoms with van der Waals surface area (Å²) in [7, 11) is 0. The molecule has 8 heteroatoms. The van der Waals surface area contributed by atoms with Gasteiger partial charge in [0.25, 0.3) is 0 Å². The van der Waals surface area contributed by atoms with Crippen LogP contribution in [0.15, 0.2) is 70.8 Å². The zero-order chi connectivity index (χ0) is 21.6. The summed E-state index contributed by atoms with van der Waals surface area (Å²) in [6.45, 7) is 1.40. The Morgan fingerprint density at radius 1 is 1.10 bits per heavy atom. The van der Waals surface area contributed by atoms with Crippen LogP contribution in [0, 0.1) is 17.6 Å². The van der Waals surface area contributed by atoms with Gasteiger partial charge < -0.3 is 10.2 Å². The molecule has 1 aliphatic rings. The second-order valence-corrected chi connectivity index (χ2v) is 8.44. The van der Waals surface area contributed by atoms with E-state index in [-0.39, 0.29) is 18.4 Å². The maximum Gasteiger partial charge on any atom is 0.225 e. The molecule has 31 heavy (non-hydrogen) atoms. The Balaban J connectivity index is 1.42. The summed E-state index contributed by atoms with van der Waals surface area (Å²) in [5.41, 5.74) is 0.397. The van der Waals surface area contributed by atoms with E-state index in [4.69, 9.17) is 0 Å². The number of amides is 1. The monoisotopic (exact) mass is 440 g/mol. The summed E-state index contributed by atoms with van der Waals surface area (Å²) >= 11 is 1.54. The Labute approximate surface area is 183 Å². The zero-order valence-electron chi connectivity index (χ0n) is 16.8. The molecule has 2 heterocycles. The fourth-order valence-electron chi connectivity index (χ4n) is 3.64. The average Bonchev–Trinajstić information content (AvgIpc) is 2.78. The average molecular weight is 441 g/mol. The zero-order valence-corrected chi connectivity index (χ0v) is 17.6. The van der Waals surface area contributed by atoms with E-state index in [0.717, 1.165) is 41.2 Å². The third-order valence-corrected chi connectivity index (χ3v) is 6.07.